The Morgan fingerprint density at radius 1 is 1.04 bits per heavy atom. The zero-order valence-electron chi connectivity index (χ0n) is 13.0. The summed E-state index contributed by atoms with van der Waals surface area (Å²) in [5.74, 6) is -0.272. The van der Waals surface area contributed by atoms with Gasteiger partial charge in [-0.25, -0.2) is 9.37 Å². The Hall–Kier alpha value is -3.54. The smallest absolute Gasteiger partial charge is 0.260 e. The van der Waals surface area contributed by atoms with Crippen molar-refractivity contribution in [3.63, 3.8) is 0 Å². The average Bonchev–Trinajstić information content (AvgIpc) is 3.07. The van der Waals surface area contributed by atoms with E-state index in [0.29, 0.717) is 11.0 Å². The van der Waals surface area contributed by atoms with Crippen LogP contribution < -0.4 is 5.56 Å². The second-order valence-electron chi connectivity index (χ2n) is 5.50. The lowest BCUT2D eigenvalue weighted by Gasteiger charge is -2.02. The highest BCUT2D eigenvalue weighted by Crippen LogP contribution is 2.25. The minimum Gasteiger partial charge on any atom is -0.339 e. The lowest BCUT2D eigenvalue weighted by atomic mass is 10.1. The van der Waals surface area contributed by atoms with Crippen molar-refractivity contribution in [2.24, 2.45) is 0 Å². The zero-order valence-corrected chi connectivity index (χ0v) is 13.0. The van der Waals surface area contributed by atoms with Crippen LogP contribution in [-0.4, -0.2) is 19.9 Å². The molecule has 0 atom stereocenters. The number of benzene rings is 1. The Morgan fingerprint density at radius 3 is 2.68 bits per heavy atom. The maximum absolute atomic E-state index is 13.0. The van der Waals surface area contributed by atoms with Gasteiger partial charge in [0.05, 0.1) is 23.1 Å². The first-order valence-corrected chi connectivity index (χ1v) is 7.66. The molecule has 0 bridgehead atoms. The van der Waals surface area contributed by atoms with Gasteiger partial charge in [-0.3, -0.25) is 9.78 Å². The van der Waals surface area contributed by atoms with Gasteiger partial charge in [0, 0.05) is 11.8 Å². The van der Waals surface area contributed by atoms with Crippen LogP contribution in [0.2, 0.25) is 0 Å². The molecule has 0 radical (unpaired) electrons. The van der Waals surface area contributed by atoms with Crippen LogP contribution in [0.25, 0.3) is 34.4 Å². The van der Waals surface area contributed by atoms with E-state index in [1.54, 1.807) is 24.4 Å². The van der Waals surface area contributed by atoms with E-state index in [9.17, 15) is 9.18 Å². The third-order valence-electron chi connectivity index (χ3n) is 3.86. The minimum atomic E-state index is -0.272. The maximum atomic E-state index is 13.0. The first kappa shape index (κ1) is 15.0. The van der Waals surface area contributed by atoms with Gasteiger partial charge in [-0.05, 0) is 42.0 Å². The van der Waals surface area contributed by atoms with E-state index in [4.69, 9.17) is 0 Å². The second-order valence-corrected chi connectivity index (χ2v) is 5.50. The van der Waals surface area contributed by atoms with E-state index in [0.717, 1.165) is 22.5 Å². The molecule has 0 amide bonds. The monoisotopic (exact) mass is 332 g/mol. The van der Waals surface area contributed by atoms with Crippen LogP contribution in [-0.2, 0) is 0 Å². The topological polar surface area (TPSA) is 74.4 Å². The van der Waals surface area contributed by atoms with Gasteiger partial charge in [0.2, 0.25) is 0 Å². The van der Waals surface area contributed by atoms with Gasteiger partial charge in [0.15, 0.2) is 0 Å². The Bertz CT molecular complexity index is 1130. The van der Waals surface area contributed by atoms with Crippen molar-refractivity contribution in [1.29, 1.82) is 0 Å². The van der Waals surface area contributed by atoms with Crippen molar-refractivity contribution in [2.45, 2.75) is 0 Å². The molecule has 0 fully saturated rings. The highest BCUT2D eigenvalue weighted by Gasteiger charge is 2.10. The van der Waals surface area contributed by atoms with Gasteiger partial charge in [0.1, 0.15) is 11.5 Å². The van der Waals surface area contributed by atoms with Gasteiger partial charge >= 0.3 is 0 Å². The SMILES string of the molecule is O=c1[nH]cnc2[nH]c(-c3cccnc3/C=C/c3ccc(F)cc3)cc12. The van der Waals surface area contributed by atoms with Crippen LogP contribution in [0.3, 0.4) is 0 Å². The number of hydrogen-bond acceptors (Lipinski definition) is 3. The standard InChI is InChI=1S/C19H13FN4O/c20-13-6-3-12(4-7-13)5-8-16-14(2-1-9-21-16)17-10-15-18(24-17)22-11-23-19(15)25/h1-11H,(H2,22,23,24,25)/b8-5+. The van der Waals surface area contributed by atoms with Crippen molar-refractivity contribution in [2.75, 3.05) is 0 Å². The lowest BCUT2D eigenvalue weighted by molar-refractivity contribution is 0.628. The summed E-state index contributed by atoms with van der Waals surface area (Å²) in [5, 5.41) is 0.495. The summed E-state index contributed by atoms with van der Waals surface area (Å²) in [6, 6.07) is 11.7. The first-order chi connectivity index (χ1) is 12.2. The summed E-state index contributed by atoms with van der Waals surface area (Å²) in [4.78, 5) is 26.1. The summed E-state index contributed by atoms with van der Waals surface area (Å²) in [7, 11) is 0. The number of aromatic amines is 2. The molecule has 0 aliphatic carbocycles. The Morgan fingerprint density at radius 2 is 1.88 bits per heavy atom. The minimum absolute atomic E-state index is 0.195. The van der Waals surface area contributed by atoms with Crippen LogP contribution in [0.5, 0.6) is 0 Å². The summed E-state index contributed by atoms with van der Waals surface area (Å²) in [5.41, 5.74) is 3.53. The fraction of sp³-hybridized carbons (Fsp3) is 0. The van der Waals surface area contributed by atoms with Crippen LogP contribution in [0.15, 0.2) is 59.8 Å². The molecule has 0 unspecified atom stereocenters. The molecule has 4 rings (SSSR count). The molecule has 25 heavy (non-hydrogen) atoms. The van der Waals surface area contributed by atoms with Crippen LogP contribution in [0, 0.1) is 5.82 Å². The fourth-order valence-corrected chi connectivity index (χ4v) is 2.62. The number of fused-ring (bicyclic) bond motifs is 1. The Balaban J connectivity index is 1.76. The third-order valence-corrected chi connectivity index (χ3v) is 3.86. The number of nitrogens with zero attached hydrogens (tertiary/aromatic N) is 2. The number of nitrogens with one attached hydrogen (secondary N) is 2. The van der Waals surface area contributed by atoms with Gasteiger partial charge in [-0.1, -0.05) is 18.2 Å². The highest BCUT2D eigenvalue weighted by atomic mass is 19.1. The third kappa shape index (κ3) is 2.97. The predicted molar refractivity (Wildman–Crippen MR) is 95.3 cm³/mol. The summed E-state index contributed by atoms with van der Waals surface area (Å²) in [6.07, 6.45) is 6.77. The molecule has 0 saturated heterocycles. The van der Waals surface area contributed by atoms with Crippen LogP contribution in [0.1, 0.15) is 11.3 Å². The molecule has 122 valence electrons. The van der Waals surface area contributed by atoms with E-state index in [1.807, 2.05) is 24.3 Å². The largest absolute Gasteiger partial charge is 0.339 e. The molecule has 0 aliphatic heterocycles. The molecular formula is C19H13FN4O. The van der Waals surface area contributed by atoms with E-state index in [1.165, 1.54) is 18.5 Å². The molecule has 0 aliphatic rings. The van der Waals surface area contributed by atoms with Crippen LogP contribution in [0.4, 0.5) is 4.39 Å². The van der Waals surface area contributed by atoms with Crippen molar-refractivity contribution >= 4 is 23.2 Å². The summed E-state index contributed by atoms with van der Waals surface area (Å²) in [6.45, 7) is 0. The van der Waals surface area contributed by atoms with E-state index in [-0.39, 0.29) is 11.4 Å². The van der Waals surface area contributed by atoms with Gasteiger partial charge in [-0.15, -0.1) is 0 Å². The molecule has 4 aromatic rings. The summed E-state index contributed by atoms with van der Waals surface area (Å²) < 4.78 is 13.0. The van der Waals surface area contributed by atoms with Gasteiger partial charge in [0.25, 0.3) is 5.56 Å². The van der Waals surface area contributed by atoms with Crippen LogP contribution >= 0.6 is 0 Å². The number of halogens is 1. The van der Waals surface area contributed by atoms with Crippen molar-refractivity contribution < 1.29 is 4.39 Å². The quantitative estimate of drug-likeness (QED) is 0.602. The number of hydrogen-bond donors (Lipinski definition) is 2. The van der Waals surface area contributed by atoms with Crippen molar-refractivity contribution in [3.8, 4) is 11.3 Å². The van der Waals surface area contributed by atoms with Crippen molar-refractivity contribution in [1.82, 2.24) is 19.9 Å². The molecule has 0 spiro atoms. The number of pyridine rings is 1. The lowest BCUT2D eigenvalue weighted by Crippen LogP contribution is -2.04. The number of H-pyrrole nitrogens is 2. The number of rotatable bonds is 3. The van der Waals surface area contributed by atoms with E-state index >= 15 is 0 Å². The molecule has 6 heteroatoms. The van der Waals surface area contributed by atoms with Crippen molar-refractivity contribution in [3.05, 3.63) is 82.4 Å². The molecule has 0 saturated carbocycles. The molecule has 5 nitrogen and oxygen atoms in total. The molecular weight excluding hydrogens is 319 g/mol. The Kier molecular flexibility index (Phi) is 3.70. The molecule has 3 heterocycles. The molecule has 2 N–H and O–H groups in total. The normalized spacial score (nSPS) is 11.4. The zero-order chi connectivity index (χ0) is 17.2. The van der Waals surface area contributed by atoms with E-state index < -0.39 is 0 Å². The average molecular weight is 332 g/mol. The number of aromatic nitrogens is 4. The van der Waals surface area contributed by atoms with Gasteiger partial charge in [-0.2, -0.15) is 0 Å². The maximum Gasteiger partial charge on any atom is 0.260 e. The second kappa shape index (κ2) is 6.16. The molecule has 1 aromatic carbocycles. The molecule has 3 aromatic heterocycles. The fourth-order valence-electron chi connectivity index (χ4n) is 2.62. The first-order valence-electron chi connectivity index (χ1n) is 7.66. The highest BCUT2D eigenvalue weighted by molar-refractivity contribution is 5.85. The van der Waals surface area contributed by atoms with E-state index in [2.05, 4.69) is 19.9 Å². The Labute approximate surface area is 141 Å². The summed E-state index contributed by atoms with van der Waals surface area (Å²) >= 11 is 0. The predicted octanol–water partition coefficient (Wildman–Crippen LogP) is 3.62. The van der Waals surface area contributed by atoms with Gasteiger partial charge < -0.3 is 9.97 Å².